The number of nitrogens with zero attached hydrogens (tertiary/aromatic N) is 4. The maximum absolute atomic E-state index is 9.41. The van der Waals surface area contributed by atoms with Crippen molar-refractivity contribution in [1.29, 1.82) is 0 Å². The minimum atomic E-state index is 0.212. The van der Waals surface area contributed by atoms with Crippen LogP contribution in [0.2, 0.25) is 0 Å². The van der Waals surface area contributed by atoms with Gasteiger partial charge in [-0.15, -0.1) is 0 Å². The number of hydrogen-bond donors (Lipinski definition) is 1. The van der Waals surface area contributed by atoms with Crippen molar-refractivity contribution in [3.8, 4) is 17.4 Å². The summed E-state index contributed by atoms with van der Waals surface area (Å²) in [5.41, 5.74) is 1.86. The summed E-state index contributed by atoms with van der Waals surface area (Å²) in [5, 5.41) is 13.3. The Morgan fingerprint density at radius 1 is 1.15 bits per heavy atom. The molecule has 2 aromatic heterocycles. The zero-order valence-corrected chi connectivity index (χ0v) is 10.8. The molecule has 2 heterocycles. The fourth-order valence-electron chi connectivity index (χ4n) is 1.77. The molecule has 100 valence electrons. The molecule has 0 aliphatic heterocycles. The van der Waals surface area contributed by atoms with Crippen LogP contribution in [0.25, 0.3) is 11.6 Å². The van der Waals surface area contributed by atoms with Crippen LogP contribution in [0.3, 0.4) is 0 Å². The van der Waals surface area contributed by atoms with E-state index in [0.29, 0.717) is 24.0 Å². The Balaban J connectivity index is 1.82. The van der Waals surface area contributed by atoms with Gasteiger partial charge in [-0.1, -0.05) is 17.3 Å². The maximum atomic E-state index is 9.41. The summed E-state index contributed by atoms with van der Waals surface area (Å²) in [6, 6.07) is 6.92. The van der Waals surface area contributed by atoms with Crippen molar-refractivity contribution in [2.45, 2.75) is 13.3 Å². The van der Waals surface area contributed by atoms with Gasteiger partial charge in [0.2, 0.25) is 17.5 Å². The van der Waals surface area contributed by atoms with E-state index in [9.17, 15) is 5.11 Å². The highest BCUT2D eigenvalue weighted by Crippen LogP contribution is 2.16. The quantitative estimate of drug-likeness (QED) is 0.783. The number of aromatic hydroxyl groups is 1. The fourth-order valence-corrected chi connectivity index (χ4v) is 1.77. The van der Waals surface area contributed by atoms with Gasteiger partial charge >= 0.3 is 0 Å². The molecule has 0 radical (unpaired) electrons. The molecule has 20 heavy (non-hydrogen) atoms. The van der Waals surface area contributed by atoms with Crippen LogP contribution >= 0.6 is 0 Å². The number of aromatic nitrogens is 4. The minimum Gasteiger partial charge on any atom is -0.508 e. The predicted molar refractivity (Wildman–Crippen MR) is 71.0 cm³/mol. The lowest BCUT2D eigenvalue weighted by Gasteiger charge is -1.97. The first kappa shape index (κ1) is 12.3. The third-order valence-corrected chi connectivity index (χ3v) is 2.71. The number of rotatable bonds is 3. The van der Waals surface area contributed by atoms with Gasteiger partial charge in [-0.05, 0) is 30.2 Å². The van der Waals surface area contributed by atoms with Crippen LogP contribution in [-0.2, 0) is 6.42 Å². The van der Waals surface area contributed by atoms with Gasteiger partial charge in [0.1, 0.15) is 5.75 Å². The van der Waals surface area contributed by atoms with E-state index < -0.39 is 0 Å². The standard InChI is InChI=1S/C14H12N4O2/c1-9-7-15-13(16-8-9)14-17-12(20-18-14)6-10-3-2-4-11(19)5-10/h2-5,7-8,19H,6H2,1H3. The topological polar surface area (TPSA) is 84.9 Å². The molecule has 6 heteroatoms. The first-order chi connectivity index (χ1) is 9.70. The molecule has 0 fully saturated rings. The van der Waals surface area contributed by atoms with Crippen LogP contribution in [0, 0.1) is 6.92 Å². The van der Waals surface area contributed by atoms with Gasteiger partial charge in [-0.2, -0.15) is 4.98 Å². The van der Waals surface area contributed by atoms with Crippen molar-refractivity contribution in [3.63, 3.8) is 0 Å². The van der Waals surface area contributed by atoms with Gasteiger partial charge in [-0.25, -0.2) is 9.97 Å². The second-order valence-electron chi connectivity index (χ2n) is 4.44. The molecule has 0 amide bonds. The Kier molecular flexibility index (Phi) is 3.12. The summed E-state index contributed by atoms with van der Waals surface area (Å²) in [7, 11) is 0. The lowest BCUT2D eigenvalue weighted by atomic mass is 10.1. The molecule has 0 bridgehead atoms. The molecule has 0 spiro atoms. The highest BCUT2D eigenvalue weighted by molar-refractivity contribution is 5.41. The Hall–Kier alpha value is -2.76. The van der Waals surface area contributed by atoms with Crippen molar-refractivity contribution >= 4 is 0 Å². The van der Waals surface area contributed by atoms with E-state index in [2.05, 4.69) is 20.1 Å². The monoisotopic (exact) mass is 268 g/mol. The predicted octanol–water partition coefficient (Wildman–Crippen LogP) is 2.13. The van der Waals surface area contributed by atoms with E-state index in [4.69, 9.17) is 4.52 Å². The van der Waals surface area contributed by atoms with Crippen LogP contribution < -0.4 is 0 Å². The molecule has 0 atom stereocenters. The van der Waals surface area contributed by atoms with Crippen LogP contribution in [-0.4, -0.2) is 25.2 Å². The number of benzene rings is 1. The van der Waals surface area contributed by atoms with Crippen molar-refractivity contribution in [2.24, 2.45) is 0 Å². The average molecular weight is 268 g/mol. The van der Waals surface area contributed by atoms with Crippen LogP contribution in [0.1, 0.15) is 17.0 Å². The SMILES string of the molecule is Cc1cnc(-c2noc(Cc3cccc(O)c3)n2)nc1. The van der Waals surface area contributed by atoms with Crippen molar-refractivity contribution in [3.05, 3.63) is 53.7 Å². The number of aryl methyl sites for hydroxylation is 1. The number of phenolic OH excluding ortho intramolecular Hbond substituents is 1. The fraction of sp³-hybridized carbons (Fsp3) is 0.143. The summed E-state index contributed by atoms with van der Waals surface area (Å²) in [6.07, 6.45) is 3.86. The van der Waals surface area contributed by atoms with Gasteiger partial charge in [-0.3, -0.25) is 0 Å². The first-order valence-electron chi connectivity index (χ1n) is 6.10. The molecular formula is C14H12N4O2. The maximum Gasteiger partial charge on any atom is 0.240 e. The van der Waals surface area contributed by atoms with E-state index in [0.717, 1.165) is 11.1 Å². The van der Waals surface area contributed by atoms with Crippen LogP contribution in [0.5, 0.6) is 5.75 Å². The largest absolute Gasteiger partial charge is 0.508 e. The second-order valence-corrected chi connectivity index (χ2v) is 4.44. The molecule has 1 N–H and O–H groups in total. The Labute approximate surface area is 115 Å². The molecule has 0 saturated heterocycles. The van der Waals surface area contributed by atoms with Crippen molar-refractivity contribution < 1.29 is 9.63 Å². The zero-order valence-electron chi connectivity index (χ0n) is 10.8. The van der Waals surface area contributed by atoms with E-state index in [1.807, 2.05) is 13.0 Å². The molecular weight excluding hydrogens is 256 g/mol. The highest BCUT2D eigenvalue weighted by atomic mass is 16.5. The number of hydrogen-bond acceptors (Lipinski definition) is 6. The summed E-state index contributed by atoms with van der Waals surface area (Å²) >= 11 is 0. The Morgan fingerprint density at radius 3 is 2.70 bits per heavy atom. The van der Waals surface area contributed by atoms with Crippen LogP contribution in [0.4, 0.5) is 0 Å². The minimum absolute atomic E-state index is 0.212. The zero-order chi connectivity index (χ0) is 13.9. The van der Waals surface area contributed by atoms with Crippen molar-refractivity contribution in [1.82, 2.24) is 20.1 Å². The first-order valence-corrected chi connectivity index (χ1v) is 6.10. The highest BCUT2D eigenvalue weighted by Gasteiger charge is 2.11. The molecule has 3 rings (SSSR count). The van der Waals surface area contributed by atoms with E-state index in [1.165, 1.54) is 0 Å². The van der Waals surface area contributed by atoms with Gasteiger partial charge in [0, 0.05) is 12.4 Å². The molecule has 0 saturated carbocycles. The van der Waals surface area contributed by atoms with E-state index >= 15 is 0 Å². The molecule has 3 aromatic rings. The Bertz CT molecular complexity index is 722. The second kappa shape index (κ2) is 5.08. The summed E-state index contributed by atoms with van der Waals surface area (Å²) in [6.45, 7) is 1.91. The molecule has 0 unspecified atom stereocenters. The average Bonchev–Trinajstić information content (AvgIpc) is 2.88. The molecule has 0 aliphatic carbocycles. The van der Waals surface area contributed by atoms with E-state index in [1.54, 1.807) is 30.6 Å². The third-order valence-electron chi connectivity index (χ3n) is 2.71. The van der Waals surface area contributed by atoms with E-state index in [-0.39, 0.29) is 5.75 Å². The van der Waals surface area contributed by atoms with Gasteiger partial charge in [0.05, 0.1) is 6.42 Å². The summed E-state index contributed by atoms with van der Waals surface area (Å²) < 4.78 is 5.17. The van der Waals surface area contributed by atoms with Crippen molar-refractivity contribution in [2.75, 3.05) is 0 Å². The molecule has 0 aliphatic rings. The summed E-state index contributed by atoms with van der Waals surface area (Å²) in [5.74, 6) is 1.46. The van der Waals surface area contributed by atoms with Gasteiger partial charge in [0.25, 0.3) is 0 Å². The van der Waals surface area contributed by atoms with Gasteiger partial charge < -0.3 is 9.63 Å². The smallest absolute Gasteiger partial charge is 0.240 e. The molecule has 6 nitrogen and oxygen atoms in total. The number of phenols is 1. The summed E-state index contributed by atoms with van der Waals surface area (Å²) in [4.78, 5) is 12.5. The van der Waals surface area contributed by atoms with Gasteiger partial charge in [0.15, 0.2) is 0 Å². The normalized spacial score (nSPS) is 10.7. The molecule has 1 aromatic carbocycles. The Morgan fingerprint density at radius 2 is 1.95 bits per heavy atom. The third kappa shape index (κ3) is 2.64. The van der Waals surface area contributed by atoms with Crippen LogP contribution in [0.15, 0.2) is 41.2 Å². The lowest BCUT2D eigenvalue weighted by Crippen LogP contribution is -1.92. The lowest BCUT2D eigenvalue weighted by molar-refractivity contribution is 0.385.